The summed E-state index contributed by atoms with van der Waals surface area (Å²) in [5.41, 5.74) is 4.19. The van der Waals surface area contributed by atoms with Gasteiger partial charge in [-0.2, -0.15) is 0 Å². The number of aromatic nitrogens is 4. The Labute approximate surface area is 131 Å². The molecule has 0 spiro atoms. The fourth-order valence-corrected chi connectivity index (χ4v) is 2.65. The van der Waals surface area contributed by atoms with Crippen molar-refractivity contribution in [1.82, 2.24) is 19.9 Å². The SMILES string of the molecule is C[C@@H](Nc1cnc2ccccc2n1)c1ccc2[nH]c(=O)[nH]c2c1. The highest BCUT2D eigenvalue weighted by atomic mass is 16.1. The zero-order valence-corrected chi connectivity index (χ0v) is 12.5. The Kier molecular flexibility index (Phi) is 3.08. The molecule has 0 amide bonds. The van der Waals surface area contributed by atoms with Gasteiger partial charge >= 0.3 is 5.69 Å². The van der Waals surface area contributed by atoms with Crippen molar-refractivity contribution in [1.29, 1.82) is 0 Å². The van der Waals surface area contributed by atoms with E-state index in [1.54, 1.807) is 6.20 Å². The number of H-pyrrole nitrogens is 2. The van der Waals surface area contributed by atoms with Crippen molar-refractivity contribution in [3.63, 3.8) is 0 Å². The van der Waals surface area contributed by atoms with Crippen molar-refractivity contribution in [2.75, 3.05) is 5.32 Å². The van der Waals surface area contributed by atoms with E-state index in [0.29, 0.717) is 0 Å². The van der Waals surface area contributed by atoms with Gasteiger partial charge in [0.2, 0.25) is 0 Å². The number of para-hydroxylation sites is 2. The third-order valence-corrected chi connectivity index (χ3v) is 3.85. The summed E-state index contributed by atoms with van der Waals surface area (Å²) in [6, 6.07) is 13.6. The van der Waals surface area contributed by atoms with Crippen LogP contribution in [0.1, 0.15) is 18.5 Å². The Hall–Kier alpha value is -3.15. The molecule has 2 heterocycles. The molecule has 0 radical (unpaired) electrons. The van der Waals surface area contributed by atoms with E-state index in [-0.39, 0.29) is 11.7 Å². The maximum absolute atomic E-state index is 11.3. The standard InChI is InChI=1S/C17H15N5O/c1-10(11-6-7-14-15(8-11)22-17(23)21-14)19-16-9-18-12-4-2-3-5-13(12)20-16/h2-10H,1H3,(H,19,20)(H2,21,22,23)/t10-/m1/s1. The lowest BCUT2D eigenvalue weighted by molar-refractivity contribution is 0.876. The normalized spacial score (nSPS) is 12.6. The lowest BCUT2D eigenvalue weighted by Gasteiger charge is -2.15. The molecule has 6 heteroatoms. The zero-order valence-electron chi connectivity index (χ0n) is 12.5. The third kappa shape index (κ3) is 2.55. The topological polar surface area (TPSA) is 86.5 Å². The van der Waals surface area contributed by atoms with Gasteiger partial charge in [0, 0.05) is 0 Å². The quantitative estimate of drug-likeness (QED) is 0.543. The van der Waals surface area contributed by atoms with Gasteiger partial charge in [-0.05, 0) is 36.8 Å². The molecule has 0 unspecified atom stereocenters. The van der Waals surface area contributed by atoms with Crippen LogP contribution in [0.15, 0.2) is 53.5 Å². The number of rotatable bonds is 3. The van der Waals surface area contributed by atoms with E-state index in [1.165, 1.54) is 0 Å². The molecule has 2 aromatic carbocycles. The molecule has 0 bridgehead atoms. The van der Waals surface area contributed by atoms with Gasteiger partial charge in [0.1, 0.15) is 5.82 Å². The van der Waals surface area contributed by atoms with Gasteiger partial charge in [-0.1, -0.05) is 18.2 Å². The van der Waals surface area contributed by atoms with Crippen molar-refractivity contribution in [2.24, 2.45) is 0 Å². The average molecular weight is 305 g/mol. The lowest BCUT2D eigenvalue weighted by atomic mass is 10.1. The van der Waals surface area contributed by atoms with Gasteiger partial charge in [-0.25, -0.2) is 9.78 Å². The fraction of sp³-hybridized carbons (Fsp3) is 0.118. The van der Waals surface area contributed by atoms with E-state index in [0.717, 1.165) is 33.4 Å². The highest BCUT2D eigenvalue weighted by Gasteiger charge is 2.09. The van der Waals surface area contributed by atoms with Crippen LogP contribution in [-0.4, -0.2) is 19.9 Å². The van der Waals surface area contributed by atoms with Crippen molar-refractivity contribution >= 4 is 27.9 Å². The number of imidazole rings is 1. The first-order valence-corrected chi connectivity index (χ1v) is 7.39. The summed E-state index contributed by atoms with van der Waals surface area (Å²) in [5, 5.41) is 3.35. The summed E-state index contributed by atoms with van der Waals surface area (Å²) >= 11 is 0. The number of hydrogen-bond acceptors (Lipinski definition) is 4. The molecular weight excluding hydrogens is 290 g/mol. The number of benzene rings is 2. The van der Waals surface area contributed by atoms with E-state index in [2.05, 4.69) is 25.3 Å². The molecule has 0 saturated heterocycles. The van der Waals surface area contributed by atoms with E-state index >= 15 is 0 Å². The number of nitrogens with one attached hydrogen (secondary N) is 3. The Morgan fingerprint density at radius 2 is 1.83 bits per heavy atom. The number of aromatic amines is 2. The minimum atomic E-state index is -0.196. The second-order valence-electron chi connectivity index (χ2n) is 5.49. The second kappa shape index (κ2) is 5.24. The molecule has 4 rings (SSSR count). The van der Waals surface area contributed by atoms with Gasteiger partial charge in [0.05, 0.1) is 34.3 Å². The van der Waals surface area contributed by atoms with Crippen LogP contribution in [0, 0.1) is 0 Å². The molecule has 4 aromatic rings. The van der Waals surface area contributed by atoms with Crippen LogP contribution >= 0.6 is 0 Å². The summed E-state index contributed by atoms with van der Waals surface area (Å²) in [6.45, 7) is 2.04. The maximum Gasteiger partial charge on any atom is 0.323 e. The second-order valence-corrected chi connectivity index (χ2v) is 5.49. The molecule has 114 valence electrons. The molecule has 0 fully saturated rings. The van der Waals surface area contributed by atoms with Crippen LogP contribution in [0.2, 0.25) is 0 Å². The molecule has 6 nitrogen and oxygen atoms in total. The number of anilines is 1. The molecule has 3 N–H and O–H groups in total. The van der Waals surface area contributed by atoms with Gasteiger partial charge in [-0.3, -0.25) is 4.98 Å². The van der Waals surface area contributed by atoms with Crippen LogP contribution < -0.4 is 11.0 Å². The van der Waals surface area contributed by atoms with Gasteiger partial charge in [-0.15, -0.1) is 0 Å². The Morgan fingerprint density at radius 3 is 2.70 bits per heavy atom. The molecule has 0 aliphatic rings. The van der Waals surface area contributed by atoms with Crippen LogP contribution in [0.3, 0.4) is 0 Å². The highest BCUT2D eigenvalue weighted by Crippen LogP contribution is 2.21. The monoisotopic (exact) mass is 305 g/mol. The van der Waals surface area contributed by atoms with Gasteiger partial charge in [0.25, 0.3) is 0 Å². The van der Waals surface area contributed by atoms with Crippen LogP contribution in [0.25, 0.3) is 22.1 Å². The van der Waals surface area contributed by atoms with Crippen LogP contribution in [-0.2, 0) is 0 Å². The maximum atomic E-state index is 11.3. The summed E-state index contributed by atoms with van der Waals surface area (Å²) < 4.78 is 0. The molecular formula is C17H15N5O. The first-order chi connectivity index (χ1) is 11.2. The zero-order chi connectivity index (χ0) is 15.8. The average Bonchev–Trinajstić information content (AvgIpc) is 2.93. The molecule has 0 aliphatic heterocycles. The van der Waals surface area contributed by atoms with Crippen molar-refractivity contribution in [3.05, 3.63) is 64.7 Å². The molecule has 23 heavy (non-hydrogen) atoms. The van der Waals surface area contributed by atoms with E-state index in [4.69, 9.17) is 0 Å². The summed E-state index contributed by atoms with van der Waals surface area (Å²) in [4.78, 5) is 25.8. The van der Waals surface area contributed by atoms with E-state index in [9.17, 15) is 4.79 Å². The van der Waals surface area contributed by atoms with E-state index in [1.807, 2.05) is 49.4 Å². The number of nitrogens with zero attached hydrogens (tertiary/aromatic N) is 2. The largest absolute Gasteiger partial charge is 0.362 e. The third-order valence-electron chi connectivity index (χ3n) is 3.85. The Bertz CT molecular complexity index is 1050. The first kappa shape index (κ1) is 13.5. The highest BCUT2D eigenvalue weighted by molar-refractivity contribution is 5.76. The smallest absolute Gasteiger partial charge is 0.323 e. The Morgan fingerprint density at radius 1 is 1.04 bits per heavy atom. The summed E-state index contributed by atoms with van der Waals surface area (Å²) in [7, 11) is 0. The van der Waals surface area contributed by atoms with Crippen LogP contribution in [0.4, 0.5) is 5.82 Å². The minimum absolute atomic E-state index is 0.0354. The lowest BCUT2D eigenvalue weighted by Crippen LogP contribution is -2.08. The predicted octanol–water partition coefficient (Wildman–Crippen LogP) is 2.97. The number of hydrogen-bond donors (Lipinski definition) is 3. The van der Waals surface area contributed by atoms with Crippen molar-refractivity contribution in [3.8, 4) is 0 Å². The minimum Gasteiger partial charge on any atom is -0.362 e. The molecule has 0 aliphatic carbocycles. The Balaban J connectivity index is 1.63. The summed E-state index contributed by atoms with van der Waals surface area (Å²) in [6.07, 6.45) is 1.73. The van der Waals surface area contributed by atoms with Crippen LogP contribution in [0.5, 0.6) is 0 Å². The molecule has 2 aromatic heterocycles. The van der Waals surface area contributed by atoms with Crippen molar-refractivity contribution in [2.45, 2.75) is 13.0 Å². The predicted molar refractivity (Wildman–Crippen MR) is 90.5 cm³/mol. The molecule has 1 atom stereocenters. The van der Waals surface area contributed by atoms with E-state index < -0.39 is 0 Å². The van der Waals surface area contributed by atoms with Crippen molar-refractivity contribution < 1.29 is 0 Å². The van der Waals surface area contributed by atoms with Gasteiger partial charge < -0.3 is 15.3 Å². The first-order valence-electron chi connectivity index (χ1n) is 7.39. The number of fused-ring (bicyclic) bond motifs is 2. The van der Waals surface area contributed by atoms with Gasteiger partial charge in [0.15, 0.2) is 0 Å². The molecule has 0 saturated carbocycles. The summed E-state index contributed by atoms with van der Waals surface area (Å²) in [5.74, 6) is 0.721. The fourth-order valence-electron chi connectivity index (χ4n) is 2.65.